The number of hydrogen-bond acceptors (Lipinski definition) is 9. The molecule has 0 aliphatic carbocycles. The Morgan fingerprint density at radius 2 is 1.67 bits per heavy atom. The second kappa shape index (κ2) is 9.63. The third-order valence-corrected chi connectivity index (χ3v) is 7.37. The third kappa shape index (κ3) is 5.04. The summed E-state index contributed by atoms with van der Waals surface area (Å²) >= 11 is 0. The van der Waals surface area contributed by atoms with Crippen molar-refractivity contribution in [1.29, 1.82) is 0 Å². The Bertz CT molecular complexity index is 1460. The second-order valence-electron chi connectivity index (χ2n) is 8.82. The summed E-state index contributed by atoms with van der Waals surface area (Å²) in [5.41, 5.74) is 3.89. The summed E-state index contributed by atoms with van der Waals surface area (Å²) in [6.07, 6.45) is 4.50. The maximum atomic E-state index is 12.1. The first kappa shape index (κ1) is 23.8. The molecule has 0 unspecified atom stereocenters. The molecule has 1 aliphatic heterocycles. The van der Waals surface area contributed by atoms with Crippen molar-refractivity contribution in [3.63, 3.8) is 0 Å². The molecule has 0 bridgehead atoms. The zero-order chi connectivity index (χ0) is 25.3. The van der Waals surface area contributed by atoms with Crippen molar-refractivity contribution in [2.24, 2.45) is 0 Å². The summed E-state index contributed by atoms with van der Waals surface area (Å²) < 4.78 is 26.9. The lowest BCUT2D eigenvalue weighted by molar-refractivity contribution is 0.313. The van der Waals surface area contributed by atoms with Gasteiger partial charge in [0.15, 0.2) is 11.5 Å². The van der Waals surface area contributed by atoms with Gasteiger partial charge in [-0.1, -0.05) is 0 Å². The zero-order valence-corrected chi connectivity index (χ0v) is 21.3. The van der Waals surface area contributed by atoms with Crippen molar-refractivity contribution >= 4 is 50.2 Å². The van der Waals surface area contributed by atoms with Crippen LogP contribution in [-0.4, -0.2) is 79.4 Å². The van der Waals surface area contributed by atoms with E-state index in [2.05, 4.69) is 54.7 Å². The van der Waals surface area contributed by atoms with Crippen molar-refractivity contribution in [2.75, 3.05) is 66.4 Å². The molecule has 0 radical (unpaired) electrons. The number of fused-ring (bicyclic) bond motifs is 1. The highest BCUT2D eigenvalue weighted by molar-refractivity contribution is 7.92. The predicted molar refractivity (Wildman–Crippen MR) is 143 cm³/mol. The number of rotatable bonds is 7. The van der Waals surface area contributed by atoms with Crippen molar-refractivity contribution in [2.45, 2.75) is 0 Å². The maximum Gasteiger partial charge on any atom is 0.247 e. The molecule has 0 atom stereocenters. The van der Waals surface area contributed by atoms with Gasteiger partial charge in [0.2, 0.25) is 16.0 Å². The number of aromatic nitrogens is 4. The number of nitrogens with zero attached hydrogens (tertiary/aromatic N) is 7. The Kier molecular flexibility index (Phi) is 6.37. The Morgan fingerprint density at radius 1 is 0.944 bits per heavy atom. The lowest BCUT2D eigenvalue weighted by Crippen LogP contribution is -2.44. The Balaban J connectivity index is 1.36. The van der Waals surface area contributed by atoms with Gasteiger partial charge in [0.25, 0.3) is 0 Å². The zero-order valence-electron chi connectivity index (χ0n) is 20.5. The predicted octanol–water partition coefficient (Wildman–Crippen LogP) is 2.76. The van der Waals surface area contributed by atoms with E-state index in [1.165, 1.54) is 12.7 Å². The van der Waals surface area contributed by atoms with Crippen LogP contribution in [0.1, 0.15) is 0 Å². The minimum Gasteiger partial charge on any atom is -0.369 e. The van der Waals surface area contributed by atoms with Gasteiger partial charge in [-0.05, 0) is 55.6 Å². The number of anilines is 6. The second-order valence-corrected chi connectivity index (χ2v) is 10.8. The van der Waals surface area contributed by atoms with Gasteiger partial charge in [0.1, 0.15) is 0 Å². The molecule has 12 heteroatoms. The Morgan fingerprint density at radius 3 is 2.39 bits per heavy atom. The molecule has 36 heavy (non-hydrogen) atoms. The van der Waals surface area contributed by atoms with Crippen molar-refractivity contribution in [3.8, 4) is 0 Å². The normalized spacial score (nSPS) is 14.7. The van der Waals surface area contributed by atoms with E-state index in [1.807, 2.05) is 30.5 Å². The summed E-state index contributed by atoms with van der Waals surface area (Å²) in [6.45, 7) is 4.16. The molecule has 1 saturated heterocycles. The number of sulfonamides is 1. The van der Waals surface area contributed by atoms with E-state index in [-0.39, 0.29) is 0 Å². The average molecular weight is 508 g/mol. The van der Waals surface area contributed by atoms with E-state index < -0.39 is 10.0 Å². The van der Waals surface area contributed by atoms with E-state index in [4.69, 9.17) is 0 Å². The first-order chi connectivity index (χ1) is 17.3. The molecule has 1 aliphatic rings. The van der Waals surface area contributed by atoms with Crippen molar-refractivity contribution in [1.82, 2.24) is 24.5 Å². The number of benzene rings is 1. The summed E-state index contributed by atoms with van der Waals surface area (Å²) in [6, 6.07) is 15.5. The highest BCUT2D eigenvalue weighted by Gasteiger charge is 2.18. The van der Waals surface area contributed by atoms with Crippen LogP contribution in [0.5, 0.6) is 0 Å². The lowest BCUT2D eigenvalue weighted by atomic mass is 10.2. The molecule has 4 aromatic rings. The molecule has 0 amide bonds. The SMILES string of the molecule is CN1CCN(c2ccc(Nc3nc4c(Nc5cccnc5N(C)S(C)(=O)=O)cccn4n3)cc2)CC1. The van der Waals surface area contributed by atoms with Crippen molar-refractivity contribution < 1.29 is 8.42 Å². The Hall–Kier alpha value is -3.90. The third-order valence-electron chi connectivity index (χ3n) is 6.21. The molecule has 1 aromatic carbocycles. The molecule has 2 N–H and O–H groups in total. The summed E-state index contributed by atoms with van der Waals surface area (Å²) in [5, 5.41) is 11.1. The van der Waals surface area contributed by atoms with Gasteiger partial charge in [-0.25, -0.2) is 17.9 Å². The van der Waals surface area contributed by atoms with Gasteiger partial charge < -0.3 is 20.4 Å². The standard InChI is InChI=1S/C24H29N9O2S/c1-30-14-16-32(17-15-30)19-10-8-18(9-11-19)26-24-28-23-21(7-5-13-33(23)29-24)27-20-6-4-12-25-22(20)31(2)36(3,34)35/h4-13,27H,14-17H2,1-3H3,(H,26,29). The summed E-state index contributed by atoms with van der Waals surface area (Å²) in [5.74, 6) is 0.747. The molecular formula is C24H29N9O2S. The molecule has 11 nitrogen and oxygen atoms in total. The lowest BCUT2D eigenvalue weighted by Gasteiger charge is -2.34. The topological polar surface area (TPSA) is 111 Å². The number of pyridine rings is 2. The molecule has 0 saturated carbocycles. The molecule has 4 heterocycles. The van der Waals surface area contributed by atoms with E-state index in [9.17, 15) is 8.42 Å². The van der Waals surface area contributed by atoms with Crippen LogP contribution in [0.4, 0.5) is 34.5 Å². The minimum atomic E-state index is -3.47. The fraction of sp³-hybridized carbons (Fsp3) is 0.292. The number of nitrogens with one attached hydrogen (secondary N) is 2. The quantitative estimate of drug-likeness (QED) is 0.390. The molecule has 5 rings (SSSR count). The van der Waals surface area contributed by atoms with Crippen LogP contribution in [-0.2, 0) is 10.0 Å². The number of hydrogen-bond donors (Lipinski definition) is 2. The van der Waals surface area contributed by atoms with Gasteiger partial charge in [-0.2, -0.15) is 4.98 Å². The highest BCUT2D eigenvalue weighted by atomic mass is 32.2. The van der Waals surface area contributed by atoms with Crippen LogP contribution in [0.2, 0.25) is 0 Å². The van der Waals surface area contributed by atoms with Gasteiger partial charge >= 0.3 is 0 Å². The van der Waals surface area contributed by atoms with E-state index >= 15 is 0 Å². The molecule has 1 fully saturated rings. The van der Waals surface area contributed by atoms with Crippen molar-refractivity contribution in [3.05, 3.63) is 60.9 Å². The first-order valence-electron chi connectivity index (χ1n) is 11.6. The van der Waals surface area contributed by atoms with E-state index in [0.717, 1.165) is 42.4 Å². The fourth-order valence-electron chi connectivity index (χ4n) is 4.05. The molecule has 188 valence electrons. The van der Waals surface area contributed by atoms with E-state index in [1.54, 1.807) is 22.8 Å². The molecular weight excluding hydrogens is 478 g/mol. The Labute approximate surface area is 210 Å². The van der Waals surface area contributed by atoms with Crippen LogP contribution in [0, 0.1) is 0 Å². The van der Waals surface area contributed by atoms with Gasteiger partial charge in [0.05, 0.1) is 17.6 Å². The van der Waals surface area contributed by atoms with Crippen LogP contribution < -0.4 is 19.8 Å². The average Bonchev–Trinajstić information content (AvgIpc) is 3.28. The largest absolute Gasteiger partial charge is 0.369 e. The van der Waals surface area contributed by atoms with Crippen LogP contribution in [0.3, 0.4) is 0 Å². The summed E-state index contributed by atoms with van der Waals surface area (Å²) in [4.78, 5) is 13.6. The maximum absolute atomic E-state index is 12.1. The number of likely N-dealkylation sites (N-methyl/N-ethyl adjacent to an activating group) is 1. The van der Waals surface area contributed by atoms with Crippen LogP contribution >= 0.6 is 0 Å². The van der Waals surface area contributed by atoms with Crippen LogP contribution in [0.15, 0.2) is 60.9 Å². The van der Waals surface area contributed by atoms with Gasteiger partial charge in [-0.15, -0.1) is 5.10 Å². The fourth-order valence-corrected chi connectivity index (χ4v) is 4.51. The van der Waals surface area contributed by atoms with Gasteiger partial charge in [-0.3, -0.25) is 4.31 Å². The van der Waals surface area contributed by atoms with E-state index in [0.29, 0.717) is 28.8 Å². The number of piperazine rings is 1. The summed E-state index contributed by atoms with van der Waals surface area (Å²) in [7, 11) is 0.145. The smallest absolute Gasteiger partial charge is 0.247 e. The van der Waals surface area contributed by atoms with Crippen LogP contribution in [0.25, 0.3) is 5.65 Å². The molecule has 0 spiro atoms. The highest BCUT2D eigenvalue weighted by Crippen LogP contribution is 2.29. The molecule has 3 aromatic heterocycles. The monoisotopic (exact) mass is 507 g/mol. The minimum absolute atomic E-state index is 0.292. The van der Waals surface area contributed by atoms with Gasteiger partial charge in [0, 0.05) is 57.0 Å². The first-order valence-corrected chi connectivity index (χ1v) is 13.4.